The molecule has 0 radical (unpaired) electrons. The highest BCUT2D eigenvalue weighted by atomic mass is 15.4. The Kier molecular flexibility index (Phi) is 17.0. The summed E-state index contributed by atoms with van der Waals surface area (Å²) in [4.78, 5) is 12.0. The predicted octanol–water partition coefficient (Wildman–Crippen LogP) is 0.294. The van der Waals surface area contributed by atoms with Crippen molar-refractivity contribution in [3.8, 4) is 37.0 Å². The van der Waals surface area contributed by atoms with E-state index in [1.807, 2.05) is 80.6 Å². The molecule has 6 nitrogen and oxygen atoms in total. The standard InChI is InChI=1S/C11H18N3.C8H15N3.CH3/c1-7-9-14(10-8-2)11(12(3)4)13(5)6;1-6-7-9-8(10(2)3)11(4)5;/h1-2H,9-10H2,3-6H3;1H,7H2,2-5H3;1H3/q+1;;-1. The van der Waals surface area contributed by atoms with Crippen LogP contribution in [0.4, 0.5) is 0 Å². The number of terminal acetylenes is 3. The summed E-state index contributed by atoms with van der Waals surface area (Å²) >= 11 is 0. The SMILES string of the molecule is C#CCN(CC#C)C(N(C)C)=[N+](C)C.C#CCN=C(N(C)C)N(C)C.[CH3-]. The molecule has 0 aromatic heterocycles. The van der Waals surface area contributed by atoms with Crippen molar-refractivity contribution in [2.75, 3.05) is 76.0 Å². The van der Waals surface area contributed by atoms with Crippen LogP contribution in [0.1, 0.15) is 0 Å². The molecular weight excluding hydrogens is 324 g/mol. The first-order chi connectivity index (χ1) is 11.6. The van der Waals surface area contributed by atoms with Gasteiger partial charge in [-0.25, -0.2) is 9.89 Å². The molecule has 0 aromatic carbocycles. The molecule has 0 N–H and O–H groups in total. The largest absolute Gasteiger partial charge is 0.358 e. The normalized spacial score (nSPS) is 8.04. The lowest BCUT2D eigenvalue weighted by Gasteiger charge is -2.22. The van der Waals surface area contributed by atoms with Gasteiger partial charge in [0.25, 0.3) is 0 Å². The highest BCUT2D eigenvalue weighted by Crippen LogP contribution is 1.93. The molecule has 0 saturated heterocycles. The van der Waals surface area contributed by atoms with Crippen LogP contribution in [-0.4, -0.2) is 112 Å². The fourth-order valence-corrected chi connectivity index (χ4v) is 2.18. The molecule has 0 rings (SSSR count). The van der Waals surface area contributed by atoms with Gasteiger partial charge in [-0.1, -0.05) is 17.8 Å². The molecule has 26 heavy (non-hydrogen) atoms. The lowest BCUT2D eigenvalue weighted by atomic mass is 10.5. The second-order valence-corrected chi connectivity index (χ2v) is 5.96. The quantitative estimate of drug-likeness (QED) is 0.238. The Bertz CT molecular complexity index is 535. The zero-order valence-electron chi connectivity index (χ0n) is 18.0. The van der Waals surface area contributed by atoms with Crippen LogP contribution in [0.25, 0.3) is 0 Å². The second kappa shape index (κ2) is 15.7. The highest BCUT2D eigenvalue weighted by Gasteiger charge is 2.20. The molecule has 0 fully saturated rings. The van der Waals surface area contributed by atoms with E-state index in [9.17, 15) is 0 Å². The summed E-state index contributed by atoms with van der Waals surface area (Å²) in [6.07, 6.45) is 15.7. The van der Waals surface area contributed by atoms with Crippen LogP contribution in [0.3, 0.4) is 0 Å². The number of nitrogens with zero attached hydrogens (tertiary/aromatic N) is 6. The number of aliphatic imine (C=N–C) groups is 1. The molecule has 146 valence electrons. The van der Waals surface area contributed by atoms with E-state index in [2.05, 4.69) is 22.8 Å². The van der Waals surface area contributed by atoms with E-state index in [0.29, 0.717) is 19.6 Å². The van der Waals surface area contributed by atoms with E-state index in [0.717, 1.165) is 11.9 Å². The molecule has 0 aliphatic rings. The Hall–Kier alpha value is -2.78. The Labute approximate surface area is 162 Å². The third-order valence-corrected chi connectivity index (χ3v) is 2.76. The van der Waals surface area contributed by atoms with Crippen LogP contribution in [-0.2, 0) is 0 Å². The maximum atomic E-state index is 5.29. The first kappa shape index (κ1) is 28.0. The molecule has 0 aliphatic carbocycles. The van der Waals surface area contributed by atoms with E-state index in [4.69, 9.17) is 19.3 Å². The summed E-state index contributed by atoms with van der Waals surface area (Å²) in [5.41, 5.74) is 0. The van der Waals surface area contributed by atoms with Crippen molar-refractivity contribution < 1.29 is 4.58 Å². The molecule has 6 heteroatoms. The van der Waals surface area contributed by atoms with Crippen molar-refractivity contribution in [1.82, 2.24) is 19.6 Å². The summed E-state index contributed by atoms with van der Waals surface area (Å²) < 4.78 is 1.99. The molecule has 0 saturated carbocycles. The predicted molar refractivity (Wildman–Crippen MR) is 115 cm³/mol. The molecule has 0 aliphatic heterocycles. The molecule has 0 spiro atoms. The van der Waals surface area contributed by atoms with Crippen molar-refractivity contribution in [3.05, 3.63) is 7.43 Å². The highest BCUT2D eigenvalue weighted by molar-refractivity contribution is 5.79. The van der Waals surface area contributed by atoms with Crippen LogP contribution in [0.2, 0.25) is 0 Å². The average Bonchev–Trinajstić information content (AvgIpc) is 2.47. The molecule has 0 bridgehead atoms. The van der Waals surface area contributed by atoms with Gasteiger partial charge in [0, 0.05) is 28.2 Å². The van der Waals surface area contributed by atoms with Gasteiger partial charge in [0.1, 0.15) is 19.6 Å². The molecular formula is C20H36N6. The summed E-state index contributed by atoms with van der Waals surface area (Å²) in [6.45, 7) is 1.48. The van der Waals surface area contributed by atoms with Gasteiger partial charge in [-0.15, -0.1) is 19.3 Å². The zero-order valence-corrected chi connectivity index (χ0v) is 18.0. The summed E-state index contributed by atoms with van der Waals surface area (Å²) in [5, 5.41) is 0. The molecule has 0 atom stereocenters. The molecule has 0 unspecified atom stereocenters. The van der Waals surface area contributed by atoms with Crippen LogP contribution >= 0.6 is 0 Å². The minimum absolute atomic E-state index is 0. The van der Waals surface area contributed by atoms with Crippen LogP contribution in [0.15, 0.2) is 4.99 Å². The summed E-state index contributed by atoms with van der Waals surface area (Å²) in [7, 11) is 15.6. The maximum Gasteiger partial charge on any atom is 0.351 e. The van der Waals surface area contributed by atoms with Crippen molar-refractivity contribution in [3.63, 3.8) is 0 Å². The van der Waals surface area contributed by atoms with E-state index in [-0.39, 0.29) is 7.43 Å². The Balaban J connectivity index is -0.000000402. The van der Waals surface area contributed by atoms with Gasteiger partial charge < -0.3 is 17.2 Å². The van der Waals surface area contributed by atoms with Gasteiger partial charge in [0.15, 0.2) is 5.96 Å². The van der Waals surface area contributed by atoms with Crippen molar-refractivity contribution in [2.24, 2.45) is 4.99 Å². The first-order valence-corrected chi connectivity index (χ1v) is 7.79. The lowest BCUT2D eigenvalue weighted by Crippen LogP contribution is -2.45. The minimum atomic E-state index is 0. The monoisotopic (exact) mass is 360 g/mol. The summed E-state index contributed by atoms with van der Waals surface area (Å²) in [6, 6.07) is 0. The molecule has 0 amide bonds. The van der Waals surface area contributed by atoms with Crippen LogP contribution in [0, 0.1) is 44.5 Å². The van der Waals surface area contributed by atoms with Gasteiger partial charge >= 0.3 is 5.96 Å². The fraction of sp³-hybridized carbons (Fsp3) is 0.550. The number of guanidine groups is 2. The number of hydrogen-bond donors (Lipinski definition) is 0. The topological polar surface area (TPSA) is 28.3 Å². The third-order valence-electron chi connectivity index (χ3n) is 2.76. The second-order valence-electron chi connectivity index (χ2n) is 5.96. The Morgan fingerprint density at radius 1 is 0.808 bits per heavy atom. The first-order valence-electron chi connectivity index (χ1n) is 7.79. The van der Waals surface area contributed by atoms with Crippen LogP contribution < -0.4 is 0 Å². The number of hydrogen-bond acceptors (Lipinski definition) is 1. The van der Waals surface area contributed by atoms with Crippen LogP contribution in [0.5, 0.6) is 0 Å². The van der Waals surface area contributed by atoms with Gasteiger partial charge in [-0.2, -0.15) is 0 Å². The third kappa shape index (κ3) is 11.7. The maximum absolute atomic E-state index is 5.29. The van der Waals surface area contributed by atoms with E-state index in [1.54, 1.807) is 0 Å². The Morgan fingerprint density at radius 3 is 1.46 bits per heavy atom. The summed E-state index contributed by atoms with van der Waals surface area (Å²) in [5.74, 6) is 9.57. The van der Waals surface area contributed by atoms with Gasteiger partial charge in [0.05, 0.1) is 28.2 Å². The molecule has 0 heterocycles. The average molecular weight is 361 g/mol. The molecule has 0 aromatic rings. The van der Waals surface area contributed by atoms with Gasteiger partial charge in [-0.3, -0.25) is 9.48 Å². The van der Waals surface area contributed by atoms with E-state index in [1.165, 1.54) is 0 Å². The Morgan fingerprint density at radius 2 is 1.23 bits per heavy atom. The van der Waals surface area contributed by atoms with Gasteiger partial charge in [0.2, 0.25) is 0 Å². The lowest BCUT2D eigenvalue weighted by molar-refractivity contribution is -0.475. The van der Waals surface area contributed by atoms with Crippen molar-refractivity contribution in [2.45, 2.75) is 0 Å². The fourth-order valence-electron chi connectivity index (χ4n) is 2.18. The van der Waals surface area contributed by atoms with Crippen molar-refractivity contribution in [1.29, 1.82) is 0 Å². The minimum Gasteiger partial charge on any atom is -0.358 e. The van der Waals surface area contributed by atoms with Gasteiger partial charge in [-0.05, 0) is 0 Å². The smallest absolute Gasteiger partial charge is 0.351 e. The van der Waals surface area contributed by atoms with E-state index < -0.39 is 0 Å². The van der Waals surface area contributed by atoms with Crippen molar-refractivity contribution >= 4 is 11.9 Å². The zero-order chi connectivity index (χ0) is 20.0. The van der Waals surface area contributed by atoms with E-state index >= 15 is 0 Å². The number of rotatable bonds is 3.